The molecule has 1 aliphatic heterocycles. The van der Waals surface area contributed by atoms with Crippen LogP contribution in [0.25, 0.3) is 0 Å². The first kappa shape index (κ1) is 18.6. The lowest BCUT2D eigenvalue weighted by Gasteiger charge is -2.28. The van der Waals surface area contributed by atoms with E-state index in [-0.39, 0.29) is 23.8 Å². The molecule has 1 aliphatic rings. The first-order valence-electron chi connectivity index (χ1n) is 9.22. The maximum absolute atomic E-state index is 12.6. The van der Waals surface area contributed by atoms with Crippen molar-refractivity contribution in [3.63, 3.8) is 0 Å². The monoisotopic (exact) mass is 361 g/mol. The van der Waals surface area contributed by atoms with Crippen molar-refractivity contribution >= 4 is 5.91 Å². The number of hydrogen-bond acceptors (Lipinski definition) is 6. The highest BCUT2D eigenvalue weighted by molar-refractivity contribution is 5.76. The van der Waals surface area contributed by atoms with Crippen LogP contribution in [0.15, 0.2) is 16.8 Å². The van der Waals surface area contributed by atoms with Crippen molar-refractivity contribution in [2.45, 2.75) is 51.5 Å². The van der Waals surface area contributed by atoms with E-state index in [9.17, 15) is 4.79 Å². The Morgan fingerprint density at radius 3 is 2.77 bits per heavy atom. The number of rotatable bonds is 7. The van der Waals surface area contributed by atoms with E-state index >= 15 is 0 Å². The lowest BCUT2D eigenvalue weighted by Crippen LogP contribution is -2.36. The van der Waals surface area contributed by atoms with Gasteiger partial charge < -0.3 is 14.6 Å². The van der Waals surface area contributed by atoms with Crippen molar-refractivity contribution in [3.8, 4) is 0 Å². The molecule has 3 rings (SSSR count). The van der Waals surface area contributed by atoms with Crippen LogP contribution in [0.1, 0.15) is 62.5 Å². The summed E-state index contributed by atoms with van der Waals surface area (Å²) >= 11 is 0. The molecular formula is C18H27N5O3. The van der Waals surface area contributed by atoms with Gasteiger partial charge in [0.25, 0.3) is 0 Å². The van der Waals surface area contributed by atoms with Gasteiger partial charge in [-0.05, 0) is 31.2 Å². The predicted molar refractivity (Wildman–Crippen MR) is 94.3 cm³/mol. The number of aryl methyl sites for hydroxylation is 2. The Kier molecular flexibility index (Phi) is 6.03. The van der Waals surface area contributed by atoms with E-state index in [1.807, 2.05) is 27.0 Å². The fourth-order valence-electron chi connectivity index (χ4n) is 3.17. The second kappa shape index (κ2) is 8.44. The number of ether oxygens (including phenoxy) is 1. The average molecular weight is 361 g/mol. The Bertz CT molecular complexity index is 718. The average Bonchev–Trinajstić information content (AvgIpc) is 3.28. The van der Waals surface area contributed by atoms with Crippen LogP contribution in [-0.4, -0.2) is 39.0 Å². The summed E-state index contributed by atoms with van der Waals surface area (Å²) in [6.07, 6.45) is 4.51. The molecule has 8 heteroatoms. The molecule has 0 saturated carbocycles. The van der Waals surface area contributed by atoms with E-state index in [4.69, 9.17) is 9.26 Å². The van der Waals surface area contributed by atoms with Crippen LogP contribution < -0.4 is 5.32 Å². The molecule has 0 spiro atoms. The largest absolute Gasteiger partial charge is 0.381 e. The lowest BCUT2D eigenvalue weighted by atomic mass is 9.91. The van der Waals surface area contributed by atoms with Crippen LogP contribution in [0, 0.1) is 5.92 Å². The summed E-state index contributed by atoms with van der Waals surface area (Å²) in [5.41, 5.74) is 1.03. The van der Waals surface area contributed by atoms with Crippen molar-refractivity contribution < 1.29 is 14.1 Å². The molecule has 0 radical (unpaired) electrons. The van der Waals surface area contributed by atoms with Gasteiger partial charge in [-0.15, -0.1) is 0 Å². The molecule has 26 heavy (non-hydrogen) atoms. The number of amides is 1. The smallest absolute Gasteiger partial charge is 0.249 e. The Morgan fingerprint density at radius 2 is 2.15 bits per heavy atom. The molecule has 0 bridgehead atoms. The van der Waals surface area contributed by atoms with E-state index in [1.165, 1.54) is 0 Å². The van der Waals surface area contributed by atoms with Crippen LogP contribution in [0.5, 0.6) is 0 Å². The summed E-state index contributed by atoms with van der Waals surface area (Å²) in [4.78, 5) is 17.1. The van der Waals surface area contributed by atoms with Gasteiger partial charge in [-0.2, -0.15) is 10.1 Å². The highest BCUT2D eigenvalue weighted by Gasteiger charge is 2.31. The molecule has 2 aromatic rings. The highest BCUT2D eigenvalue weighted by atomic mass is 16.5. The van der Waals surface area contributed by atoms with Crippen LogP contribution in [0.4, 0.5) is 0 Å². The molecule has 1 atom stereocenters. The minimum Gasteiger partial charge on any atom is -0.381 e. The fourth-order valence-corrected chi connectivity index (χ4v) is 3.17. The first-order chi connectivity index (χ1) is 12.5. The molecule has 1 fully saturated rings. The van der Waals surface area contributed by atoms with Gasteiger partial charge in [0.15, 0.2) is 5.82 Å². The SMILES string of the molecule is CC(C)c1noc(C(NC(=O)CCc2ccnn2C)C2CCOCC2)n1. The fraction of sp³-hybridized carbons (Fsp3) is 0.667. The van der Waals surface area contributed by atoms with E-state index in [2.05, 4.69) is 20.6 Å². The normalized spacial score (nSPS) is 16.8. The second-order valence-corrected chi connectivity index (χ2v) is 7.09. The van der Waals surface area contributed by atoms with E-state index in [0.717, 1.165) is 18.5 Å². The number of hydrogen-bond donors (Lipinski definition) is 1. The summed E-state index contributed by atoms with van der Waals surface area (Å²) in [6, 6.07) is 1.66. The first-order valence-corrected chi connectivity index (χ1v) is 9.22. The maximum atomic E-state index is 12.6. The summed E-state index contributed by atoms with van der Waals surface area (Å²) < 4.78 is 12.7. The van der Waals surface area contributed by atoms with Crippen LogP contribution in [0.2, 0.25) is 0 Å². The molecule has 1 saturated heterocycles. The molecule has 3 heterocycles. The third kappa shape index (κ3) is 4.49. The molecule has 1 N–H and O–H groups in total. The third-order valence-electron chi connectivity index (χ3n) is 4.82. The number of nitrogens with zero attached hydrogens (tertiary/aromatic N) is 4. The molecule has 2 aromatic heterocycles. The minimum atomic E-state index is -0.266. The molecular weight excluding hydrogens is 334 g/mol. The van der Waals surface area contributed by atoms with Gasteiger partial charge in [-0.3, -0.25) is 9.48 Å². The highest BCUT2D eigenvalue weighted by Crippen LogP contribution is 2.30. The van der Waals surface area contributed by atoms with Crippen LogP contribution >= 0.6 is 0 Å². The van der Waals surface area contributed by atoms with Crippen molar-refractivity contribution in [1.29, 1.82) is 0 Å². The Balaban J connectivity index is 1.68. The van der Waals surface area contributed by atoms with Gasteiger partial charge in [-0.25, -0.2) is 0 Å². The number of aromatic nitrogens is 4. The third-order valence-corrected chi connectivity index (χ3v) is 4.82. The molecule has 1 amide bonds. The van der Waals surface area contributed by atoms with Gasteiger partial charge in [0.1, 0.15) is 6.04 Å². The summed E-state index contributed by atoms with van der Waals surface area (Å²) in [7, 11) is 1.88. The summed E-state index contributed by atoms with van der Waals surface area (Å²) in [6.45, 7) is 5.42. The predicted octanol–water partition coefficient (Wildman–Crippen LogP) is 2.14. The topological polar surface area (TPSA) is 95.1 Å². The molecule has 0 aliphatic carbocycles. The Morgan fingerprint density at radius 1 is 1.38 bits per heavy atom. The molecule has 1 unspecified atom stereocenters. The minimum absolute atomic E-state index is 0.0213. The second-order valence-electron chi connectivity index (χ2n) is 7.09. The van der Waals surface area contributed by atoms with Crippen LogP contribution in [-0.2, 0) is 23.0 Å². The molecule has 8 nitrogen and oxygen atoms in total. The quantitative estimate of drug-likeness (QED) is 0.812. The number of nitrogens with one attached hydrogen (secondary N) is 1. The maximum Gasteiger partial charge on any atom is 0.249 e. The molecule has 142 valence electrons. The summed E-state index contributed by atoms with van der Waals surface area (Å²) in [5, 5.41) is 11.3. The lowest BCUT2D eigenvalue weighted by molar-refractivity contribution is -0.122. The van der Waals surface area contributed by atoms with E-state index in [0.29, 0.717) is 37.8 Å². The zero-order valence-electron chi connectivity index (χ0n) is 15.6. The van der Waals surface area contributed by atoms with Crippen LogP contribution in [0.3, 0.4) is 0 Å². The van der Waals surface area contributed by atoms with Gasteiger partial charge >= 0.3 is 0 Å². The Hall–Kier alpha value is -2.22. The van der Waals surface area contributed by atoms with Gasteiger partial charge in [0, 0.05) is 44.5 Å². The van der Waals surface area contributed by atoms with Crippen molar-refractivity contribution in [1.82, 2.24) is 25.2 Å². The molecule has 0 aromatic carbocycles. The Labute approximate surface area is 153 Å². The van der Waals surface area contributed by atoms with Gasteiger partial charge in [0.2, 0.25) is 11.8 Å². The van der Waals surface area contributed by atoms with E-state index in [1.54, 1.807) is 10.9 Å². The van der Waals surface area contributed by atoms with Gasteiger partial charge in [-0.1, -0.05) is 19.0 Å². The standard InChI is InChI=1S/C18H27N5O3/c1-12(2)17-21-18(26-22-17)16(13-7-10-25-11-8-13)20-15(24)5-4-14-6-9-19-23(14)3/h6,9,12-13,16H,4-5,7-8,10-11H2,1-3H3,(H,20,24). The van der Waals surface area contributed by atoms with Crippen molar-refractivity contribution in [2.75, 3.05) is 13.2 Å². The number of carbonyl (C=O) groups excluding carboxylic acids is 1. The summed E-state index contributed by atoms with van der Waals surface area (Å²) in [5.74, 6) is 1.57. The van der Waals surface area contributed by atoms with E-state index < -0.39 is 0 Å². The zero-order chi connectivity index (χ0) is 18.5. The number of carbonyl (C=O) groups is 1. The van der Waals surface area contributed by atoms with Crippen molar-refractivity contribution in [3.05, 3.63) is 29.7 Å². The van der Waals surface area contributed by atoms with Crippen molar-refractivity contribution in [2.24, 2.45) is 13.0 Å². The zero-order valence-corrected chi connectivity index (χ0v) is 15.6. The van der Waals surface area contributed by atoms with Gasteiger partial charge in [0.05, 0.1) is 0 Å².